The van der Waals surface area contributed by atoms with Crippen LogP contribution in [0.3, 0.4) is 0 Å². The number of amides is 1. The molecule has 0 bridgehead atoms. The minimum atomic E-state index is -1.34. The Labute approximate surface area is 159 Å². The highest BCUT2D eigenvalue weighted by Crippen LogP contribution is 2.27. The van der Waals surface area contributed by atoms with Crippen LogP contribution >= 0.6 is 23.2 Å². The first-order valence-corrected chi connectivity index (χ1v) is 9.72. The van der Waals surface area contributed by atoms with Gasteiger partial charge in [0.1, 0.15) is 5.67 Å². The number of nitrogens with zero attached hydrogens (tertiary/aromatic N) is 1. The van der Waals surface area contributed by atoms with Gasteiger partial charge in [-0.2, -0.15) is 0 Å². The monoisotopic (exact) mass is 388 g/mol. The largest absolute Gasteiger partial charge is 0.349 e. The fraction of sp³-hybridized carbons (Fsp3) is 0.632. The number of piperidine rings is 1. The fourth-order valence-electron chi connectivity index (χ4n) is 3.36. The van der Waals surface area contributed by atoms with Crippen molar-refractivity contribution in [2.45, 2.75) is 45.2 Å². The lowest BCUT2D eigenvalue weighted by molar-refractivity contribution is 0.0491. The van der Waals surface area contributed by atoms with E-state index < -0.39 is 5.67 Å². The minimum Gasteiger partial charge on any atom is -0.349 e. The average molecular weight is 389 g/mol. The zero-order valence-electron chi connectivity index (χ0n) is 15.0. The number of carbonyl (C=O) groups is 1. The number of benzene rings is 1. The van der Waals surface area contributed by atoms with Crippen molar-refractivity contribution >= 4 is 29.1 Å². The molecule has 0 aliphatic carbocycles. The maximum atomic E-state index is 15.0. The summed E-state index contributed by atoms with van der Waals surface area (Å²) in [4.78, 5) is 14.5. The smallest absolute Gasteiger partial charge is 0.251 e. The number of halogens is 3. The Kier molecular flexibility index (Phi) is 7.53. The molecule has 1 amide bonds. The van der Waals surface area contributed by atoms with E-state index in [-0.39, 0.29) is 12.5 Å². The second kappa shape index (κ2) is 9.20. The Morgan fingerprint density at radius 2 is 1.88 bits per heavy atom. The van der Waals surface area contributed by atoms with Crippen molar-refractivity contribution in [3.8, 4) is 0 Å². The second-order valence-electron chi connectivity index (χ2n) is 7.19. The summed E-state index contributed by atoms with van der Waals surface area (Å²) < 4.78 is 15.0. The Morgan fingerprint density at radius 3 is 2.44 bits per heavy atom. The van der Waals surface area contributed by atoms with Crippen molar-refractivity contribution in [3.63, 3.8) is 0 Å². The molecule has 1 fully saturated rings. The summed E-state index contributed by atoms with van der Waals surface area (Å²) in [5.41, 5.74) is -0.991. The molecule has 1 N–H and O–H groups in total. The Hall–Kier alpha value is -0.840. The first-order chi connectivity index (χ1) is 11.8. The number of hydrogen-bond donors (Lipinski definition) is 1. The first-order valence-electron chi connectivity index (χ1n) is 8.97. The molecule has 1 heterocycles. The lowest BCUT2D eigenvalue weighted by atomic mass is 9.92. The SMILES string of the molecule is CCCC(C)CN1CCC(F)(CNC(=O)c2cc(Cl)cc(Cl)c2)CC1. The van der Waals surface area contributed by atoms with Crippen molar-refractivity contribution in [2.75, 3.05) is 26.2 Å². The maximum Gasteiger partial charge on any atom is 0.251 e. The summed E-state index contributed by atoms with van der Waals surface area (Å²) in [6.45, 7) is 6.96. The summed E-state index contributed by atoms with van der Waals surface area (Å²) in [6.07, 6.45) is 3.28. The van der Waals surface area contributed by atoms with Crippen LogP contribution in [0.5, 0.6) is 0 Å². The van der Waals surface area contributed by atoms with Gasteiger partial charge in [0.25, 0.3) is 5.91 Å². The fourth-order valence-corrected chi connectivity index (χ4v) is 3.89. The van der Waals surface area contributed by atoms with Gasteiger partial charge < -0.3 is 10.2 Å². The van der Waals surface area contributed by atoms with Gasteiger partial charge in [-0.25, -0.2) is 4.39 Å². The van der Waals surface area contributed by atoms with Gasteiger partial charge in [0, 0.05) is 35.2 Å². The normalized spacial score (nSPS) is 18.8. The molecule has 1 saturated heterocycles. The molecule has 2 rings (SSSR count). The molecule has 1 unspecified atom stereocenters. The molecule has 0 saturated carbocycles. The highest BCUT2D eigenvalue weighted by molar-refractivity contribution is 6.35. The molecule has 0 spiro atoms. The molecule has 1 aromatic carbocycles. The van der Waals surface area contributed by atoms with E-state index in [1.165, 1.54) is 25.0 Å². The van der Waals surface area contributed by atoms with Gasteiger partial charge in [-0.05, 0) is 43.4 Å². The zero-order valence-corrected chi connectivity index (χ0v) is 16.5. The van der Waals surface area contributed by atoms with E-state index in [2.05, 4.69) is 24.1 Å². The van der Waals surface area contributed by atoms with E-state index in [9.17, 15) is 9.18 Å². The van der Waals surface area contributed by atoms with Gasteiger partial charge in [0.15, 0.2) is 0 Å². The third kappa shape index (κ3) is 6.43. The van der Waals surface area contributed by atoms with Gasteiger partial charge in [-0.15, -0.1) is 0 Å². The number of likely N-dealkylation sites (tertiary alicyclic amines) is 1. The summed E-state index contributed by atoms with van der Waals surface area (Å²) in [5.74, 6) is 0.296. The van der Waals surface area contributed by atoms with Gasteiger partial charge in [-0.3, -0.25) is 4.79 Å². The van der Waals surface area contributed by atoms with Crippen LogP contribution in [0.15, 0.2) is 18.2 Å². The number of nitrogens with one attached hydrogen (secondary N) is 1. The van der Waals surface area contributed by atoms with Gasteiger partial charge in [0.05, 0.1) is 6.54 Å². The molecule has 6 heteroatoms. The highest BCUT2D eigenvalue weighted by Gasteiger charge is 2.35. The predicted molar refractivity (Wildman–Crippen MR) is 102 cm³/mol. The molecule has 140 valence electrons. The summed E-state index contributed by atoms with van der Waals surface area (Å²) in [7, 11) is 0. The average Bonchev–Trinajstić information content (AvgIpc) is 2.54. The standard InChI is InChI=1S/C19H27Cl2FN2O/c1-3-4-14(2)12-24-7-5-19(22,6-8-24)13-23-18(25)15-9-16(20)11-17(21)10-15/h9-11,14H,3-8,12-13H2,1-2H3,(H,23,25). The predicted octanol–water partition coefficient (Wildman–Crippen LogP) is 4.96. The molecule has 1 aliphatic heterocycles. The molecule has 25 heavy (non-hydrogen) atoms. The van der Waals surface area contributed by atoms with Crippen LogP contribution in [0, 0.1) is 5.92 Å². The van der Waals surface area contributed by atoms with Crippen LogP contribution in [0.4, 0.5) is 4.39 Å². The highest BCUT2D eigenvalue weighted by atomic mass is 35.5. The van der Waals surface area contributed by atoms with E-state index in [0.717, 1.165) is 19.6 Å². The van der Waals surface area contributed by atoms with E-state index >= 15 is 0 Å². The molecular formula is C19H27Cl2FN2O. The molecule has 0 aromatic heterocycles. The number of alkyl halides is 1. The van der Waals surface area contributed by atoms with E-state index in [1.54, 1.807) is 6.07 Å². The Morgan fingerprint density at radius 1 is 1.28 bits per heavy atom. The van der Waals surface area contributed by atoms with Crippen molar-refractivity contribution in [1.82, 2.24) is 10.2 Å². The van der Waals surface area contributed by atoms with Gasteiger partial charge in [0.2, 0.25) is 0 Å². The van der Waals surface area contributed by atoms with E-state index in [0.29, 0.717) is 34.4 Å². The van der Waals surface area contributed by atoms with E-state index in [4.69, 9.17) is 23.2 Å². The third-order valence-electron chi connectivity index (χ3n) is 4.79. The topological polar surface area (TPSA) is 32.3 Å². The van der Waals surface area contributed by atoms with Crippen LogP contribution in [0.2, 0.25) is 10.0 Å². The Balaban J connectivity index is 1.82. The number of carbonyl (C=O) groups excluding carboxylic acids is 1. The van der Waals surface area contributed by atoms with Crippen molar-refractivity contribution in [1.29, 1.82) is 0 Å². The van der Waals surface area contributed by atoms with Crippen LogP contribution in [-0.4, -0.2) is 42.7 Å². The Bertz CT molecular complexity index is 569. The van der Waals surface area contributed by atoms with Gasteiger partial charge >= 0.3 is 0 Å². The zero-order chi connectivity index (χ0) is 18.4. The van der Waals surface area contributed by atoms with Crippen LogP contribution in [0.1, 0.15) is 49.9 Å². The van der Waals surface area contributed by atoms with Crippen molar-refractivity contribution in [2.24, 2.45) is 5.92 Å². The number of rotatable bonds is 7. The summed E-state index contributed by atoms with van der Waals surface area (Å²) in [6, 6.07) is 4.63. The van der Waals surface area contributed by atoms with Crippen molar-refractivity contribution in [3.05, 3.63) is 33.8 Å². The lowest BCUT2D eigenvalue weighted by Gasteiger charge is -2.37. The van der Waals surface area contributed by atoms with E-state index in [1.807, 2.05) is 0 Å². The summed E-state index contributed by atoms with van der Waals surface area (Å²) >= 11 is 11.8. The molecule has 1 atom stereocenters. The lowest BCUT2D eigenvalue weighted by Crippen LogP contribution is -2.49. The van der Waals surface area contributed by atoms with Crippen LogP contribution < -0.4 is 5.32 Å². The maximum absolute atomic E-state index is 15.0. The molecule has 1 aliphatic rings. The van der Waals surface area contributed by atoms with Crippen LogP contribution in [-0.2, 0) is 0 Å². The summed E-state index contributed by atoms with van der Waals surface area (Å²) in [5, 5.41) is 3.47. The third-order valence-corrected chi connectivity index (χ3v) is 5.23. The first kappa shape index (κ1) is 20.5. The minimum absolute atomic E-state index is 0.0221. The second-order valence-corrected chi connectivity index (χ2v) is 8.06. The van der Waals surface area contributed by atoms with Crippen molar-refractivity contribution < 1.29 is 9.18 Å². The number of hydrogen-bond acceptors (Lipinski definition) is 2. The van der Waals surface area contributed by atoms with Gasteiger partial charge in [-0.1, -0.05) is 43.5 Å². The quantitative estimate of drug-likeness (QED) is 0.715. The van der Waals surface area contributed by atoms with Crippen LogP contribution in [0.25, 0.3) is 0 Å². The molecule has 1 aromatic rings. The molecule has 0 radical (unpaired) electrons. The molecular weight excluding hydrogens is 362 g/mol. The molecule has 3 nitrogen and oxygen atoms in total.